The second-order valence-electron chi connectivity index (χ2n) is 8.53. The number of halogens is 1. The molecule has 1 saturated heterocycles. The van der Waals surface area contributed by atoms with Crippen molar-refractivity contribution in [1.82, 2.24) is 15.2 Å². The number of carbonyl (C=O) groups excluding carboxylic acids is 2. The van der Waals surface area contributed by atoms with Crippen LogP contribution in [0.2, 0.25) is 0 Å². The van der Waals surface area contributed by atoms with Crippen molar-refractivity contribution in [2.24, 2.45) is 11.6 Å². The smallest absolute Gasteiger partial charge is 0.414 e. The van der Waals surface area contributed by atoms with Crippen LogP contribution in [0.4, 0.5) is 14.9 Å². The van der Waals surface area contributed by atoms with Crippen molar-refractivity contribution in [1.29, 1.82) is 0 Å². The van der Waals surface area contributed by atoms with Crippen LogP contribution >= 0.6 is 0 Å². The molecule has 34 heavy (non-hydrogen) atoms. The van der Waals surface area contributed by atoms with E-state index in [0.29, 0.717) is 35.6 Å². The number of hydrogen-bond donors (Lipinski definition) is 3. The molecule has 2 aromatic carbocycles. The number of likely N-dealkylation sites (N-methyl/N-ethyl adjacent to an activating group) is 1. The maximum Gasteiger partial charge on any atom is 0.414 e. The Morgan fingerprint density at radius 1 is 1.26 bits per heavy atom. The van der Waals surface area contributed by atoms with E-state index in [-0.39, 0.29) is 19.0 Å². The molecule has 1 atom stereocenters. The topological polar surface area (TPSA) is 117 Å². The van der Waals surface area contributed by atoms with Crippen molar-refractivity contribution < 1.29 is 18.7 Å². The Hall–Kier alpha value is -3.63. The predicted molar refractivity (Wildman–Crippen MR) is 129 cm³/mol. The number of nitrogens with one attached hydrogen (secondary N) is 1. The van der Waals surface area contributed by atoms with E-state index in [4.69, 9.17) is 16.3 Å². The van der Waals surface area contributed by atoms with Crippen molar-refractivity contribution in [2.45, 2.75) is 19.6 Å². The Morgan fingerprint density at radius 3 is 2.59 bits per heavy atom. The fraction of sp³-hybridized carbons (Fsp3) is 0.333. The molecule has 0 spiro atoms. The SMILES string of the molecule is CC(=O)NCC1CN(c2ccc(-c3ccc(CN(N)/C=C(\N)CN(C)C)cc3)c(F)c2)C(=O)O1. The highest BCUT2D eigenvalue weighted by Gasteiger charge is 2.32. The minimum Gasteiger partial charge on any atom is -0.442 e. The molecule has 2 amide bonds. The van der Waals surface area contributed by atoms with E-state index >= 15 is 0 Å². The molecule has 0 radical (unpaired) electrons. The summed E-state index contributed by atoms with van der Waals surface area (Å²) in [6, 6.07) is 12.0. The van der Waals surface area contributed by atoms with Crippen molar-refractivity contribution >= 4 is 17.7 Å². The summed E-state index contributed by atoms with van der Waals surface area (Å²) in [5, 5.41) is 4.13. The molecular formula is C24H31FN6O3. The third kappa shape index (κ3) is 6.69. The second-order valence-corrected chi connectivity index (χ2v) is 8.53. The number of nitrogens with two attached hydrogens (primary N) is 2. The standard InChI is InChI=1S/C24H31FN6O3/c1-16(32)28-11-21-15-31(24(33)34-21)20-8-9-22(23(25)10-20)18-6-4-17(5-7-18)12-30(27)14-19(26)13-29(2)3/h4-10,14,21H,11-13,15,26-27H2,1-3H3,(H,28,32)/b19-14-. The van der Waals surface area contributed by atoms with Gasteiger partial charge >= 0.3 is 6.09 Å². The number of cyclic esters (lactones) is 1. The van der Waals surface area contributed by atoms with Crippen LogP contribution in [0.5, 0.6) is 0 Å². The molecule has 0 bridgehead atoms. The average molecular weight is 471 g/mol. The lowest BCUT2D eigenvalue weighted by Crippen LogP contribution is -2.33. The Bertz CT molecular complexity index is 1060. The van der Waals surface area contributed by atoms with E-state index in [1.165, 1.54) is 22.9 Å². The molecule has 1 fully saturated rings. The summed E-state index contributed by atoms with van der Waals surface area (Å²) < 4.78 is 20.2. The van der Waals surface area contributed by atoms with Gasteiger partial charge in [0.2, 0.25) is 5.91 Å². The highest BCUT2D eigenvalue weighted by atomic mass is 19.1. The van der Waals surface area contributed by atoms with Gasteiger partial charge in [-0.2, -0.15) is 0 Å². The largest absolute Gasteiger partial charge is 0.442 e. The van der Waals surface area contributed by atoms with Gasteiger partial charge in [-0.1, -0.05) is 24.3 Å². The van der Waals surface area contributed by atoms with Gasteiger partial charge in [-0.3, -0.25) is 9.69 Å². The Balaban J connectivity index is 1.66. The zero-order valence-electron chi connectivity index (χ0n) is 19.6. The fourth-order valence-corrected chi connectivity index (χ4v) is 3.67. The van der Waals surface area contributed by atoms with Crippen molar-refractivity contribution in [3.05, 3.63) is 65.7 Å². The molecule has 1 heterocycles. The molecule has 5 N–H and O–H groups in total. The molecule has 0 aromatic heterocycles. The number of carbonyl (C=O) groups is 2. The highest BCUT2D eigenvalue weighted by molar-refractivity contribution is 5.90. The van der Waals surface area contributed by atoms with Gasteiger partial charge in [0, 0.05) is 30.9 Å². The van der Waals surface area contributed by atoms with E-state index in [1.54, 1.807) is 18.3 Å². The fourth-order valence-electron chi connectivity index (χ4n) is 3.67. The Kier molecular flexibility index (Phi) is 8.08. The number of anilines is 1. The minimum atomic E-state index is -0.571. The lowest BCUT2D eigenvalue weighted by atomic mass is 10.0. The van der Waals surface area contributed by atoms with Gasteiger partial charge in [-0.15, -0.1) is 0 Å². The summed E-state index contributed by atoms with van der Waals surface area (Å²) in [4.78, 5) is 26.6. The molecule has 1 unspecified atom stereocenters. The van der Waals surface area contributed by atoms with Gasteiger partial charge in [0.05, 0.1) is 25.3 Å². The second kappa shape index (κ2) is 11.0. The maximum atomic E-state index is 14.9. The van der Waals surface area contributed by atoms with Crippen LogP contribution in [0.3, 0.4) is 0 Å². The van der Waals surface area contributed by atoms with Crippen molar-refractivity contribution in [3.8, 4) is 11.1 Å². The number of rotatable bonds is 9. The molecule has 2 aromatic rings. The molecule has 182 valence electrons. The molecule has 1 aliphatic rings. The number of benzene rings is 2. The summed E-state index contributed by atoms with van der Waals surface area (Å²) in [5.74, 6) is 5.36. The van der Waals surface area contributed by atoms with Crippen LogP contribution in [0.25, 0.3) is 11.1 Å². The number of nitrogens with zero attached hydrogens (tertiary/aromatic N) is 3. The summed E-state index contributed by atoms with van der Waals surface area (Å²) in [6.45, 7) is 2.89. The first-order chi connectivity index (χ1) is 16.1. The van der Waals surface area contributed by atoms with Gasteiger partial charge in [-0.05, 0) is 43.4 Å². The summed E-state index contributed by atoms with van der Waals surface area (Å²) in [7, 11) is 3.85. The van der Waals surface area contributed by atoms with Gasteiger partial charge in [0.15, 0.2) is 0 Å². The molecule has 0 saturated carbocycles. The Morgan fingerprint density at radius 2 is 1.97 bits per heavy atom. The quantitative estimate of drug-likeness (QED) is 0.379. The van der Waals surface area contributed by atoms with Gasteiger partial charge in [0.1, 0.15) is 11.9 Å². The third-order valence-electron chi connectivity index (χ3n) is 5.18. The molecule has 10 heteroatoms. The van der Waals surface area contributed by atoms with Crippen LogP contribution in [0.1, 0.15) is 12.5 Å². The van der Waals surface area contributed by atoms with Crippen molar-refractivity contribution in [3.63, 3.8) is 0 Å². The molecular weight excluding hydrogens is 439 g/mol. The van der Waals surface area contributed by atoms with E-state index in [0.717, 1.165) is 5.56 Å². The monoisotopic (exact) mass is 470 g/mol. The number of hydrogen-bond acceptors (Lipinski definition) is 7. The van der Waals surface area contributed by atoms with Crippen LogP contribution in [0, 0.1) is 5.82 Å². The molecule has 0 aliphatic carbocycles. The first-order valence-electron chi connectivity index (χ1n) is 10.9. The zero-order chi connectivity index (χ0) is 24.8. The van der Waals surface area contributed by atoms with E-state index < -0.39 is 18.0 Å². The minimum absolute atomic E-state index is 0.208. The maximum absolute atomic E-state index is 14.9. The first kappa shape index (κ1) is 25.0. The van der Waals surface area contributed by atoms with Crippen LogP contribution < -0.4 is 21.8 Å². The number of amides is 2. The van der Waals surface area contributed by atoms with Gasteiger partial charge in [-0.25, -0.2) is 15.0 Å². The van der Waals surface area contributed by atoms with Crippen molar-refractivity contribution in [2.75, 3.05) is 38.6 Å². The van der Waals surface area contributed by atoms with E-state index in [1.807, 2.05) is 43.3 Å². The predicted octanol–water partition coefficient (Wildman–Crippen LogP) is 1.99. The summed E-state index contributed by atoms with van der Waals surface area (Å²) >= 11 is 0. The lowest BCUT2D eigenvalue weighted by molar-refractivity contribution is -0.119. The van der Waals surface area contributed by atoms with Crippen LogP contribution in [-0.4, -0.2) is 61.7 Å². The summed E-state index contributed by atoms with van der Waals surface area (Å²) in [6.07, 6.45) is 0.636. The number of ether oxygens (including phenoxy) is 1. The highest BCUT2D eigenvalue weighted by Crippen LogP contribution is 2.29. The average Bonchev–Trinajstić information content (AvgIpc) is 3.12. The summed E-state index contributed by atoms with van der Waals surface area (Å²) in [5.41, 5.74) is 9.06. The van der Waals surface area contributed by atoms with Gasteiger partial charge in [0.25, 0.3) is 0 Å². The Labute approximate surface area is 198 Å². The van der Waals surface area contributed by atoms with E-state index in [2.05, 4.69) is 5.32 Å². The third-order valence-corrected chi connectivity index (χ3v) is 5.18. The lowest BCUT2D eigenvalue weighted by Gasteiger charge is -2.17. The molecule has 3 rings (SSSR count). The molecule has 9 nitrogen and oxygen atoms in total. The first-order valence-corrected chi connectivity index (χ1v) is 10.9. The van der Waals surface area contributed by atoms with Crippen LogP contribution in [-0.2, 0) is 16.1 Å². The molecule has 1 aliphatic heterocycles. The van der Waals surface area contributed by atoms with Gasteiger partial charge < -0.3 is 25.7 Å². The zero-order valence-corrected chi connectivity index (χ0v) is 19.6. The van der Waals surface area contributed by atoms with Crippen LogP contribution in [0.15, 0.2) is 54.4 Å². The normalized spacial score (nSPS) is 16.1. The van der Waals surface area contributed by atoms with E-state index in [9.17, 15) is 14.0 Å². The number of hydrazine groups is 1.